The summed E-state index contributed by atoms with van der Waals surface area (Å²) in [6.07, 6.45) is 4.89. The molecule has 0 bridgehead atoms. The van der Waals surface area contributed by atoms with Crippen LogP contribution in [-0.2, 0) is 10.0 Å². The molecule has 2 aromatic rings. The normalized spacial score (nSPS) is 19.3. The van der Waals surface area contributed by atoms with E-state index in [2.05, 4.69) is 23.8 Å². The fraction of sp³-hybridized carbons (Fsp3) is 0.412. The Bertz CT molecular complexity index is 758. The molecule has 1 aliphatic heterocycles. The van der Waals surface area contributed by atoms with E-state index in [1.54, 1.807) is 30.6 Å². The van der Waals surface area contributed by atoms with E-state index in [-0.39, 0.29) is 6.04 Å². The highest BCUT2D eigenvalue weighted by atomic mass is 32.2. The summed E-state index contributed by atoms with van der Waals surface area (Å²) in [7, 11) is -3.53. The Balaban J connectivity index is 1.92. The molecule has 0 radical (unpaired) electrons. The SMILES string of the molecule is CC(C)c1ccc(S(=O)(=O)N2CCCC2c2ncccn2)cc1. The number of nitrogens with zero attached hydrogens (tertiary/aromatic N) is 3. The lowest BCUT2D eigenvalue weighted by Gasteiger charge is -2.23. The number of hydrogen-bond donors (Lipinski definition) is 0. The minimum absolute atomic E-state index is 0.272. The minimum Gasteiger partial charge on any atom is -0.240 e. The molecule has 3 rings (SSSR count). The van der Waals surface area contributed by atoms with Gasteiger partial charge in [-0.25, -0.2) is 18.4 Å². The Morgan fingerprint density at radius 2 is 1.78 bits per heavy atom. The van der Waals surface area contributed by atoms with Crippen molar-refractivity contribution in [1.82, 2.24) is 14.3 Å². The Labute approximate surface area is 137 Å². The molecular formula is C17H21N3O2S. The van der Waals surface area contributed by atoms with E-state index in [0.717, 1.165) is 18.4 Å². The highest BCUT2D eigenvalue weighted by Gasteiger charge is 2.37. The van der Waals surface area contributed by atoms with Gasteiger partial charge in [0.1, 0.15) is 5.82 Å². The molecule has 0 amide bonds. The van der Waals surface area contributed by atoms with E-state index in [9.17, 15) is 8.42 Å². The van der Waals surface area contributed by atoms with Gasteiger partial charge in [0.15, 0.2) is 0 Å². The summed E-state index contributed by atoms with van der Waals surface area (Å²) in [4.78, 5) is 8.81. The highest BCUT2D eigenvalue weighted by molar-refractivity contribution is 7.89. The zero-order chi connectivity index (χ0) is 16.4. The largest absolute Gasteiger partial charge is 0.243 e. The van der Waals surface area contributed by atoms with Crippen molar-refractivity contribution in [3.8, 4) is 0 Å². The molecule has 1 aromatic carbocycles. The van der Waals surface area contributed by atoms with Crippen LogP contribution in [0.3, 0.4) is 0 Å². The number of benzene rings is 1. The molecule has 0 N–H and O–H groups in total. The van der Waals surface area contributed by atoms with Crippen molar-refractivity contribution in [2.24, 2.45) is 0 Å². The van der Waals surface area contributed by atoms with Crippen molar-refractivity contribution in [3.63, 3.8) is 0 Å². The predicted octanol–water partition coefficient (Wildman–Crippen LogP) is 3.13. The average molecular weight is 331 g/mol. The zero-order valence-electron chi connectivity index (χ0n) is 13.4. The number of sulfonamides is 1. The van der Waals surface area contributed by atoms with Crippen LogP contribution in [-0.4, -0.2) is 29.2 Å². The summed E-state index contributed by atoms with van der Waals surface area (Å²) < 4.78 is 27.5. The summed E-state index contributed by atoms with van der Waals surface area (Å²) in [6.45, 7) is 4.69. The van der Waals surface area contributed by atoms with Crippen LogP contribution >= 0.6 is 0 Å². The second-order valence-corrected chi connectivity index (χ2v) is 8.00. The van der Waals surface area contributed by atoms with Crippen LogP contribution in [0.25, 0.3) is 0 Å². The zero-order valence-corrected chi connectivity index (χ0v) is 14.2. The van der Waals surface area contributed by atoms with Gasteiger partial charge >= 0.3 is 0 Å². The van der Waals surface area contributed by atoms with Crippen molar-refractivity contribution >= 4 is 10.0 Å². The molecule has 0 saturated carbocycles. The summed E-state index contributed by atoms with van der Waals surface area (Å²) in [5, 5.41) is 0. The molecule has 2 heterocycles. The molecule has 23 heavy (non-hydrogen) atoms. The van der Waals surface area contributed by atoms with Gasteiger partial charge in [-0.1, -0.05) is 26.0 Å². The maximum Gasteiger partial charge on any atom is 0.243 e. The van der Waals surface area contributed by atoms with Crippen LogP contribution in [0.1, 0.15) is 50.0 Å². The summed E-state index contributed by atoms with van der Waals surface area (Å²) in [5.74, 6) is 0.955. The molecule has 1 aromatic heterocycles. The first-order valence-electron chi connectivity index (χ1n) is 7.89. The van der Waals surface area contributed by atoms with Crippen LogP contribution in [0.15, 0.2) is 47.6 Å². The molecule has 1 atom stereocenters. The fourth-order valence-electron chi connectivity index (χ4n) is 2.93. The third-order valence-electron chi connectivity index (χ3n) is 4.24. The van der Waals surface area contributed by atoms with Crippen LogP contribution in [0.4, 0.5) is 0 Å². The summed E-state index contributed by atoms with van der Waals surface area (Å²) in [6, 6.07) is 8.65. The number of rotatable bonds is 4. The average Bonchev–Trinajstić information content (AvgIpc) is 3.06. The van der Waals surface area contributed by atoms with Crippen LogP contribution in [0.5, 0.6) is 0 Å². The van der Waals surface area contributed by atoms with Crippen LogP contribution < -0.4 is 0 Å². The van der Waals surface area contributed by atoms with Gasteiger partial charge in [0.05, 0.1) is 10.9 Å². The van der Waals surface area contributed by atoms with Crippen molar-refractivity contribution in [1.29, 1.82) is 0 Å². The molecule has 1 unspecified atom stereocenters. The van der Waals surface area contributed by atoms with Gasteiger partial charge in [-0.3, -0.25) is 0 Å². The lowest BCUT2D eigenvalue weighted by molar-refractivity contribution is 0.383. The van der Waals surface area contributed by atoms with Gasteiger partial charge < -0.3 is 0 Å². The smallest absolute Gasteiger partial charge is 0.240 e. The monoisotopic (exact) mass is 331 g/mol. The van der Waals surface area contributed by atoms with Gasteiger partial charge in [-0.2, -0.15) is 4.31 Å². The second kappa shape index (κ2) is 6.37. The van der Waals surface area contributed by atoms with Crippen molar-refractivity contribution in [2.75, 3.05) is 6.54 Å². The first-order chi connectivity index (χ1) is 11.0. The molecule has 5 nitrogen and oxygen atoms in total. The molecule has 0 spiro atoms. The van der Waals surface area contributed by atoms with Gasteiger partial charge in [0, 0.05) is 18.9 Å². The Kier molecular flexibility index (Phi) is 4.46. The third kappa shape index (κ3) is 3.14. The van der Waals surface area contributed by atoms with Gasteiger partial charge in [-0.15, -0.1) is 0 Å². The maximum absolute atomic E-state index is 13.0. The lowest BCUT2D eigenvalue weighted by atomic mass is 10.0. The third-order valence-corrected chi connectivity index (χ3v) is 6.16. The van der Waals surface area contributed by atoms with E-state index in [1.807, 2.05) is 12.1 Å². The highest BCUT2D eigenvalue weighted by Crippen LogP contribution is 2.35. The van der Waals surface area contributed by atoms with Crippen molar-refractivity contribution in [2.45, 2.75) is 43.5 Å². The summed E-state index contributed by atoms with van der Waals surface area (Å²) in [5.41, 5.74) is 1.13. The molecule has 1 aliphatic rings. The summed E-state index contributed by atoms with van der Waals surface area (Å²) >= 11 is 0. The number of hydrogen-bond acceptors (Lipinski definition) is 4. The maximum atomic E-state index is 13.0. The Morgan fingerprint density at radius 1 is 1.13 bits per heavy atom. The van der Waals surface area contributed by atoms with Gasteiger partial charge in [0.25, 0.3) is 0 Å². The molecule has 6 heteroatoms. The molecular weight excluding hydrogens is 310 g/mol. The Hall–Kier alpha value is -1.79. The molecule has 0 aliphatic carbocycles. The van der Waals surface area contributed by atoms with E-state index in [4.69, 9.17) is 0 Å². The van der Waals surface area contributed by atoms with E-state index in [1.165, 1.54) is 4.31 Å². The number of aromatic nitrogens is 2. The van der Waals surface area contributed by atoms with E-state index >= 15 is 0 Å². The molecule has 1 saturated heterocycles. The molecule has 1 fully saturated rings. The van der Waals surface area contributed by atoms with E-state index < -0.39 is 10.0 Å². The fourth-order valence-corrected chi connectivity index (χ4v) is 4.58. The topological polar surface area (TPSA) is 63.2 Å². The van der Waals surface area contributed by atoms with Crippen molar-refractivity contribution in [3.05, 3.63) is 54.1 Å². The quantitative estimate of drug-likeness (QED) is 0.863. The van der Waals surface area contributed by atoms with Crippen LogP contribution in [0, 0.1) is 0 Å². The van der Waals surface area contributed by atoms with Crippen molar-refractivity contribution < 1.29 is 8.42 Å². The standard InChI is InChI=1S/C17H21N3O2S/c1-13(2)14-6-8-15(9-7-14)23(21,22)20-12-3-5-16(20)17-18-10-4-11-19-17/h4,6-11,13,16H,3,5,12H2,1-2H3. The molecule has 122 valence electrons. The van der Waals surface area contributed by atoms with Crippen LogP contribution in [0.2, 0.25) is 0 Å². The first-order valence-corrected chi connectivity index (χ1v) is 9.33. The predicted molar refractivity (Wildman–Crippen MR) is 88.4 cm³/mol. The Morgan fingerprint density at radius 3 is 2.39 bits per heavy atom. The lowest BCUT2D eigenvalue weighted by Crippen LogP contribution is -2.31. The van der Waals surface area contributed by atoms with Gasteiger partial charge in [-0.05, 0) is 42.5 Å². The first kappa shape index (κ1) is 16.1. The van der Waals surface area contributed by atoms with E-state index in [0.29, 0.717) is 23.2 Å². The van der Waals surface area contributed by atoms with Gasteiger partial charge in [0.2, 0.25) is 10.0 Å². The second-order valence-electron chi connectivity index (χ2n) is 6.10. The minimum atomic E-state index is -3.53.